The minimum Gasteiger partial charge on any atom is -0.297 e. The van der Waals surface area contributed by atoms with Crippen molar-refractivity contribution in [1.82, 2.24) is 9.88 Å². The fraction of sp³-hybridized carbons (Fsp3) is 0.357. The standard InChI is InChI=1S/C14H19N3O2S2/c1-11-14(20-10-15-11)9-17(2)8-12-4-6-13(7-5-12)16-21(3,18)19/h4-7,10,16H,8-9H2,1-3H3. The molecule has 2 aromatic rings. The Kier molecular flexibility index (Phi) is 4.97. The number of hydrogen-bond donors (Lipinski definition) is 1. The van der Waals surface area contributed by atoms with Crippen molar-refractivity contribution in [2.75, 3.05) is 18.0 Å². The summed E-state index contributed by atoms with van der Waals surface area (Å²) in [6, 6.07) is 7.43. The Morgan fingerprint density at radius 1 is 1.24 bits per heavy atom. The van der Waals surface area contributed by atoms with Gasteiger partial charge in [0.1, 0.15) is 0 Å². The van der Waals surface area contributed by atoms with Crippen LogP contribution in [0.3, 0.4) is 0 Å². The van der Waals surface area contributed by atoms with Crippen molar-refractivity contribution >= 4 is 27.0 Å². The second kappa shape index (κ2) is 6.55. The predicted octanol–water partition coefficient (Wildman–Crippen LogP) is 2.46. The predicted molar refractivity (Wildman–Crippen MR) is 86.9 cm³/mol. The average molecular weight is 325 g/mol. The number of sulfonamides is 1. The third-order valence-corrected chi connectivity index (χ3v) is 4.49. The molecule has 0 unspecified atom stereocenters. The highest BCUT2D eigenvalue weighted by Crippen LogP contribution is 2.17. The quantitative estimate of drug-likeness (QED) is 0.886. The van der Waals surface area contributed by atoms with Gasteiger partial charge in [0, 0.05) is 23.7 Å². The molecule has 0 amide bonds. The Morgan fingerprint density at radius 2 is 1.90 bits per heavy atom. The van der Waals surface area contributed by atoms with E-state index in [0.717, 1.165) is 30.6 Å². The van der Waals surface area contributed by atoms with Crippen molar-refractivity contribution in [3.8, 4) is 0 Å². The van der Waals surface area contributed by atoms with E-state index in [1.165, 1.54) is 4.88 Å². The molecule has 0 bridgehead atoms. The van der Waals surface area contributed by atoms with Crippen molar-refractivity contribution in [2.45, 2.75) is 20.0 Å². The maximum atomic E-state index is 11.1. The molecule has 0 aliphatic rings. The van der Waals surface area contributed by atoms with Crippen molar-refractivity contribution in [1.29, 1.82) is 0 Å². The summed E-state index contributed by atoms with van der Waals surface area (Å²) in [4.78, 5) is 7.73. The highest BCUT2D eigenvalue weighted by Gasteiger charge is 2.07. The van der Waals surface area contributed by atoms with Gasteiger partial charge in [-0.15, -0.1) is 11.3 Å². The molecule has 5 nitrogen and oxygen atoms in total. The summed E-state index contributed by atoms with van der Waals surface area (Å²) in [7, 11) is -1.16. The van der Waals surface area contributed by atoms with E-state index in [1.807, 2.05) is 24.6 Å². The molecule has 1 N–H and O–H groups in total. The van der Waals surface area contributed by atoms with Crippen LogP contribution in [0.2, 0.25) is 0 Å². The number of hydrogen-bond acceptors (Lipinski definition) is 5. The molecule has 2 rings (SSSR count). The van der Waals surface area contributed by atoms with Gasteiger partial charge < -0.3 is 0 Å². The molecule has 0 aliphatic carbocycles. The van der Waals surface area contributed by atoms with E-state index >= 15 is 0 Å². The first-order chi connectivity index (χ1) is 9.83. The largest absolute Gasteiger partial charge is 0.297 e. The molecule has 0 fully saturated rings. The van der Waals surface area contributed by atoms with Crippen molar-refractivity contribution in [2.24, 2.45) is 0 Å². The molecule has 1 aromatic carbocycles. The number of thiazole rings is 1. The Bertz CT molecular complexity index is 693. The summed E-state index contributed by atoms with van der Waals surface area (Å²) >= 11 is 1.67. The molecule has 0 saturated heterocycles. The van der Waals surface area contributed by atoms with E-state index in [1.54, 1.807) is 23.5 Å². The maximum absolute atomic E-state index is 11.1. The third kappa shape index (κ3) is 5.11. The zero-order chi connectivity index (χ0) is 15.5. The van der Waals surface area contributed by atoms with Gasteiger partial charge in [0.15, 0.2) is 0 Å². The lowest BCUT2D eigenvalue weighted by molar-refractivity contribution is 0.321. The van der Waals surface area contributed by atoms with Crippen LogP contribution in [0.5, 0.6) is 0 Å². The van der Waals surface area contributed by atoms with Crippen LogP contribution >= 0.6 is 11.3 Å². The SMILES string of the molecule is Cc1ncsc1CN(C)Cc1ccc(NS(C)(=O)=O)cc1. The van der Waals surface area contributed by atoms with Gasteiger partial charge in [-0.25, -0.2) is 13.4 Å². The number of benzene rings is 1. The van der Waals surface area contributed by atoms with Crippen LogP contribution < -0.4 is 4.72 Å². The molecular formula is C14H19N3O2S2. The van der Waals surface area contributed by atoms with Crippen LogP contribution in [-0.2, 0) is 23.1 Å². The van der Waals surface area contributed by atoms with Gasteiger partial charge in [-0.1, -0.05) is 12.1 Å². The zero-order valence-corrected chi connectivity index (χ0v) is 14.0. The molecule has 7 heteroatoms. The summed E-state index contributed by atoms with van der Waals surface area (Å²) in [6.45, 7) is 3.68. The molecule has 114 valence electrons. The monoisotopic (exact) mass is 325 g/mol. The van der Waals surface area contributed by atoms with Crippen LogP contribution in [0.1, 0.15) is 16.1 Å². The normalized spacial score (nSPS) is 11.8. The number of nitrogens with one attached hydrogen (secondary N) is 1. The Balaban J connectivity index is 1.95. The van der Waals surface area contributed by atoms with Gasteiger partial charge in [-0.05, 0) is 31.7 Å². The van der Waals surface area contributed by atoms with Crippen molar-refractivity contribution < 1.29 is 8.42 Å². The van der Waals surface area contributed by atoms with Crippen molar-refractivity contribution in [3.05, 3.63) is 45.9 Å². The second-order valence-electron chi connectivity index (χ2n) is 5.10. The molecule has 0 saturated carbocycles. The van der Waals surface area contributed by atoms with E-state index in [9.17, 15) is 8.42 Å². The van der Waals surface area contributed by atoms with Crippen LogP contribution in [0, 0.1) is 6.92 Å². The summed E-state index contributed by atoms with van der Waals surface area (Å²) in [5, 5.41) is 0. The Hall–Kier alpha value is -1.44. The lowest BCUT2D eigenvalue weighted by Gasteiger charge is -2.16. The maximum Gasteiger partial charge on any atom is 0.229 e. The van der Waals surface area contributed by atoms with Crippen molar-refractivity contribution in [3.63, 3.8) is 0 Å². The van der Waals surface area contributed by atoms with Gasteiger partial charge in [0.2, 0.25) is 10.0 Å². The minimum atomic E-state index is -3.22. The number of aryl methyl sites for hydroxylation is 1. The summed E-state index contributed by atoms with van der Waals surface area (Å²) < 4.78 is 24.8. The van der Waals surface area contributed by atoms with Gasteiger partial charge >= 0.3 is 0 Å². The summed E-state index contributed by atoms with van der Waals surface area (Å²) in [5.41, 5.74) is 4.67. The smallest absolute Gasteiger partial charge is 0.229 e. The minimum absolute atomic E-state index is 0.585. The molecule has 0 radical (unpaired) electrons. The molecule has 0 atom stereocenters. The zero-order valence-electron chi connectivity index (χ0n) is 12.3. The number of nitrogens with zero attached hydrogens (tertiary/aromatic N) is 2. The van der Waals surface area contributed by atoms with Crippen LogP contribution in [0.25, 0.3) is 0 Å². The topological polar surface area (TPSA) is 62.3 Å². The van der Waals surface area contributed by atoms with Gasteiger partial charge in [-0.2, -0.15) is 0 Å². The Morgan fingerprint density at radius 3 is 2.43 bits per heavy atom. The third-order valence-electron chi connectivity index (χ3n) is 2.97. The molecule has 0 spiro atoms. The Labute approximate surface area is 129 Å². The van der Waals surface area contributed by atoms with E-state index in [4.69, 9.17) is 0 Å². The number of rotatable bonds is 6. The lowest BCUT2D eigenvalue weighted by Crippen LogP contribution is -2.17. The molecular weight excluding hydrogens is 306 g/mol. The first-order valence-corrected chi connectivity index (χ1v) is 9.25. The molecule has 0 aliphatic heterocycles. The summed E-state index contributed by atoms with van der Waals surface area (Å²) in [6.07, 6.45) is 1.14. The first kappa shape index (κ1) is 15.9. The number of aromatic nitrogens is 1. The average Bonchev–Trinajstić information content (AvgIpc) is 2.76. The highest BCUT2D eigenvalue weighted by atomic mass is 32.2. The summed E-state index contributed by atoms with van der Waals surface area (Å²) in [5.74, 6) is 0. The van der Waals surface area contributed by atoms with E-state index in [-0.39, 0.29) is 0 Å². The molecule has 1 aromatic heterocycles. The number of anilines is 1. The van der Waals surface area contributed by atoms with Crippen LogP contribution in [-0.4, -0.2) is 31.6 Å². The fourth-order valence-electron chi connectivity index (χ4n) is 1.98. The second-order valence-corrected chi connectivity index (χ2v) is 7.79. The van der Waals surface area contributed by atoms with Gasteiger partial charge in [0.05, 0.1) is 17.5 Å². The van der Waals surface area contributed by atoms with Crippen LogP contribution in [0.15, 0.2) is 29.8 Å². The lowest BCUT2D eigenvalue weighted by atomic mass is 10.2. The highest BCUT2D eigenvalue weighted by molar-refractivity contribution is 7.92. The molecule has 1 heterocycles. The molecule has 21 heavy (non-hydrogen) atoms. The van der Waals surface area contributed by atoms with Crippen LogP contribution in [0.4, 0.5) is 5.69 Å². The van der Waals surface area contributed by atoms with E-state index in [2.05, 4.69) is 21.7 Å². The van der Waals surface area contributed by atoms with E-state index < -0.39 is 10.0 Å². The first-order valence-electron chi connectivity index (χ1n) is 6.48. The van der Waals surface area contributed by atoms with Gasteiger partial charge in [-0.3, -0.25) is 9.62 Å². The van der Waals surface area contributed by atoms with Gasteiger partial charge in [0.25, 0.3) is 0 Å². The fourth-order valence-corrected chi connectivity index (χ4v) is 3.40. The van der Waals surface area contributed by atoms with E-state index in [0.29, 0.717) is 5.69 Å².